The number of allylic oxidation sites excluding steroid dienone is 1. The van der Waals surface area contributed by atoms with Gasteiger partial charge in [-0.2, -0.15) is 0 Å². The van der Waals surface area contributed by atoms with Crippen molar-refractivity contribution in [2.45, 2.75) is 12.5 Å². The third-order valence-corrected chi connectivity index (χ3v) is 5.07. The van der Waals surface area contributed by atoms with E-state index in [9.17, 15) is 14.7 Å². The van der Waals surface area contributed by atoms with E-state index >= 15 is 0 Å². The van der Waals surface area contributed by atoms with Gasteiger partial charge in [0.1, 0.15) is 5.76 Å². The van der Waals surface area contributed by atoms with Crippen LogP contribution in [0, 0.1) is 0 Å². The summed E-state index contributed by atoms with van der Waals surface area (Å²) < 4.78 is 15.9. The number of carbonyl (C=O) groups is 2. The molecule has 0 aliphatic carbocycles. The second-order valence-electron chi connectivity index (χ2n) is 6.53. The molecule has 0 bridgehead atoms. The molecule has 1 N–H and O–H groups in total. The van der Waals surface area contributed by atoms with Crippen LogP contribution in [0.3, 0.4) is 0 Å². The highest BCUT2D eigenvalue weighted by Crippen LogP contribution is 2.45. The number of nitrogens with zero attached hydrogens (tertiary/aromatic N) is 1. The minimum atomic E-state index is -0.662. The van der Waals surface area contributed by atoms with E-state index in [0.717, 1.165) is 11.1 Å². The normalized spacial score (nSPS) is 18.4. The molecule has 0 radical (unpaired) electrons. The van der Waals surface area contributed by atoms with E-state index in [-0.39, 0.29) is 5.57 Å². The lowest BCUT2D eigenvalue weighted by Crippen LogP contribution is -2.36. The predicted octanol–water partition coefficient (Wildman–Crippen LogP) is 2.83. The number of hydrogen-bond acceptors (Lipinski definition) is 6. The molecular formula is C21H19NO6. The molecule has 0 saturated carbocycles. The number of fused-ring (bicyclic) bond motifs is 3. The summed E-state index contributed by atoms with van der Waals surface area (Å²) in [5, 5.41) is 10.4. The molecule has 1 amide bonds. The summed E-state index contributed by atoms with van der Waals surface area (Å²) >= 11 is 0. The van der Waals surface area contributed by atoms with E-state index in [1.54, 1.807) is 25.3 Å². The van der Waals surface area contributed by atoms with Crippen molar-refractivity contribution in [2.24, 2.45) is 0 Å². The van der Waals surface area contributed by atoms with Crippen LogP contribution in [0.5, 0.6) is 11.5 Å². The first-order valence-corrected chi connectivity index (χ1v) is 8.80. The number of hydrogen-bond donors (Lipinski definition) is 1. The summed E-state index contributed by atoms with van der Waals surface area (Å²) in [6, 6.07) is 6.37. The molecule has 7 nitrogen and oxygen atoms in total. The zero-order chi connectivity index (χ0) is 19.8. The first-order valence-electron chi connectivity index (χ1n) is 8.80. The van der Waals surface area contributed by atoms with Crippen LogP contribution in [0.15, 0.2) is 52.4 Å². The molecule has 0 spiro atoms. The highest BCUT2D eigenvalue weighted by atomic mass is 16.5. The van der Waals surface area contributed by atoms with Gasteiger partial charge < -0.3 is 23.9 Å². The topological polar surface area (TPSA) is 89.2 Å². The summed E-state index contributed by atoms with van der Waals surface area (Å²) in [5.41, 5.74) is 1.75. The third-order valence-electron chi connectivity index (χ3n) is 5.07. The van der Waals surface area contributed by atoms with E-state index in [1.807, 2.05) is 6.07 Å². The van der Waals surface area contributed by atoms with Crippen LogP contribution in [-0.2, 0) is 16.0 Å². The molecule has 0 fully saturated rings. The summed E-state index contributed by atoms with van der Waals surface area (Å²) in [5.74, 6) is 0.0852. The number of aliphatic hydroxyl groups excluding tert-OH is 1. The molecule has 0 saturated heterocycles. The van der Waals surface area contributed by atoms with Gasteiger partial charge in [-0.15, -0.1) is 0 Å². The molecule has 4 rings (SSSR count). The molecule has 1 unspecified atom stereocenters. The van der Waals surface area contributed by atoms with Gasteiger partial charge in [0.15, 0.2) is 23.0 Å². The van der Waals surface area contributed by atoms with Crippen molar-refractivity contribution >= 4 is 17.8 Å². The van der Waals surface area contributed by atoms with Crippen molar-refractivity contribution in [3.63, 3.8) is 0 Å². The molecule has 1 aromatic heterocycles. The van der Waals surface area contributed by atoms with Crippen molar-refractivity contribution in [3.05, 3.63) is 64.8 Å². The van der Waals surface area contributed by atoms with Crippen LogP contribution in [0.2, 0.25) is 0 Å². The lowest BCUT2D eigenvalue weighted by Gasteiger charge is -2.33. The molecular weight excluding hydrogens is 362 g/mol. The van der Waals surface area contributed by atoms with E-state index in [1.165, 1.54) is 30.4 Å². The van der Waals surface area contributed by atoms with E-state index in [4.69, 9.17) is 13.9 Å². The zero-order valence-corrected chi connectivity index (χ0v) is 15.5. The fraction of sp³-hybridized carbons (Fsp3) is 0.238. The van der Waals surface area contributed by atoms with Crippen LogP contribution in [-0.4, -0.2) is 42.5 Å². The van der Waals surface area contributed by atoms with Gasteiger partial charge in [-0.1, -0.05) is 0 Å². The number of amides is 1. The van der Waals surface area contributed by atoms with Crippen LogP contribution in [0.25, 0.3) is 6.08 Å². The Kier molecular flexibility index (Phi) is 4.43. The van der Waals surface area contributed by atoms with Gasteiger partial charge in [-0.3, -0.25) is 9.59 Å². The van der Waals surface area contributed by atoms with Gasteiger partial charge >= 0.3 is 0 Å². The highest BCUT2D eigenvalue weighted by molar-refractivity contribution is 6.14. The van der Waals surface area contributed by atoms with Crippen molar-refractivity contribution in [3.8, 4) is 11.5 Å². The maximum Gasteiger partial charge on any atom is 0.290 e. The molecule has 2 aliphatic heterocycles. The van der Waals surface area contributed by atoms with Gasteiger partial charge in [-0.25, -0.2) is 0 Å². The smallest absolute Gasteiger partial charge is 0.290 e. The largest absolute Gasteiger partial charge is 0.503 e. The molecule has 2 aliphatic rings. The second kappa shape index (κ2) is 6.92. The van der Waals surface area contributed by atoms with Gasteiger partial charge in [0, 0.05) is 6.54 Å². The number of ether oxygens (including phenoxy) is 2. The van der Waals surface area contributed by atoms with Crippen LogP contribution >= 0.6 is 0 Å². The number of ketones is 1. The summed E-state index contributed by atoms with van der Waals surface area (Å²) in [7, 11) is 3.08. The summed E-state index contributed by atoms with van der Waals surface area (Å²) in [6.45, 7) is 0.398. The van der Waals surface area contributed by atoms with Crippen molar-refractivity contribution < 1.29 is 28.6 Å². The van der Waals surface area contributed by atoms with Crippen LogP contribution in [0.4, 0.5) is 0 Å². The Hall–Kier alpha value is -3.48. The molecule has 2 aromatic rings. The SMILES string of the molecule is COc1cc2c(cc1OC)C1C(C(=O)/C=C/c3ccco3)=C(O)C(=O)N1CC2. The fourth-order valence-electron chi connectivity index (χ4n) is 3.74. The first kappa shape index (κ1) is 17.9. The maximum atomic E-state index is 12.9. The second-order valence-corrected chi connectivity index (χ2v) is 6.53. The molecule has 1 aromatic carbocycles. The van der Waals surface area contributed by atoms with Gasteiger partial charge in [0.25, 0.3) is 5.91 Å². The van der Waals surface area contributed by atoms with E-state index < -0.39 is 23.5 Å². The standard InChI is InChI=1S/C21H19NO6/c1-26-16-10-12-7-8-22-19(14(12)11-17(16)27-2)18(20(24)21(22)25)15(23)6-5-13-4-3-9-28-13/h3-6,9-11,19,24H,7-8H2,1-2H3/b6-5+. The Labute approximate surface area is 161 Å². The third kappa shape index (κ3) is 2.76. The molecule has 28 heavy (non-hydrogen) atoms. The molecule has 3 heterocycles. The van der Waals surface area contributed by atoms with Crippen LogP contribution in [0.1, 0.15) is 22.9 Å². The first-order chi connectivity index (χ1) is 13.5. The monoisotopic (exact) mass is 381 g/mol. The Morgan fingerprint density at radius 3 is 2.71 bits per heavy atom. The average molecular weight is 381 g/mol. The summed E-state index contributed by atoms with van der Waals surface area (Å²) in [6.07, 6.45) is 4.90. The van der Waals surface area contributed by atoms with Gasteiger partial charge in [-0.05, 0) is 54.0 Å². The fourth-order valence-corrected chi connectivity index (χ4v) is 3.74. The van der Waals surface area contributed by atoms with Gasteiger partial charge in [0.2, 0.25) is 0 Å². The van der Waals surface area contributed by atoms with E-state index in [0.29, 0.717) is 30.2 Å². The Morgan fingerprint density at radius 1 is 1.29 bits per heavy atom. The average Bonchev–Trinajstić information content (AvgIpc) is 3.32. The minimum absolute atomic E-state index is 0.0565. The highest BCUT2D eigenvalue weighted by Gasteiger charge is 2.45. The number of furan rings is 1. The minimum Gasteiger partial charge on any atom is -0.503 e. The zero-order valence-electron chi connectivity index (χ0n) is 15.5. The van der Waals surface area contributed by atoms with E-state index in [2.05, 4.69) is 0 Å². The Bertz CT molecular complexity index is 1000. The van der Waals surface area contributed by atoms with Crippen LogP contribution < -0.4 is 9.47 Å². The van der Waals surface area contributed by atoms with Gasteiger partial charge in [0.05, 0.1) is 32.1 Å². The number of aliphatic hydroxyl groups is 1. The number of methoxy groups -OCH3 is 2. The lowest BCUT2D eigenvalue weighted by atomic mass is 9.88. The molecule has 1 atom stereocenters. The van der Waals surface area contributed by atoms with Crippen molar-refractivity contribution in [1.82, 2.24) is 4.90 Å². The number of benzene rings is 1. The van der Waals surface area contributed by atoms with Crippen molar-refractivity contribution in [1.29, 1.82) is 0 Å². The Morgan fingerprint density at radius 2 is 2.04 bits per heavy atom. The number of carbonyl (C=O) groups excluding carboxylic acids is 2. The van der Waals surface area contributed by atoms with Crippen molar-refractivity contribution in [2.75, 3.05) is 20.8 Å². The Balaban J connectivity index is 1.77. The number of rotatable bonds is 5. The quantitative estimate of drug-likeness (QED) is 0.801. The predicted molar refractivity (Wildman–Crippen MR) is 100 cm³/mol. The molecule has 7 heteroatoms. The maximum absolute atomic E-state index is 12.9. The molecule has 144 valence electrons. The lowest BCUT2D eigenvalue weighted by molar-refractivity contribution is -0.129. The summed E-state index contributed by atoms with van der Waals surface area (Å²) in [4.78, 5) is 26.9.